The normalized spacial score (nSPS) is 14.6. The predicted molar refractivity (Wildman–Crippen MR) is 213 cm³/mol. The van der Waals surface area contributed by atoms with E-state index >= 15 is 4.79 Å². The fourth-order valence-electron chi connectivity index (χ4n) is 7.77. The number of hydrogen-bond acceptors (Lipinski definition) is 7. The van der Waals surface area contributed by atoms with E-state index in [1.54, 1.807) is 0 Å². The van der Waals surface area contributed by atoms with E-state index < -0.39 is 47.9 Å². The van der Waals surface area contributed by atoms with Gasteiger partial charge in [-0.3, -0.25) is 19.2 Å². The number of nitrogens with one attached hydrogen (secondary N) is 5. The summed E-state index contributed by atoms with van der Waals surface area (Å²) >= 11 is 0. The van der Waals surface area contributed by atoms with E-state index in [1.807, 2.05) is 59.8 Å². The third-order valence-corrected chi connectivity index (χ3v) is 11.1. The lowest BCUT2D eigenvalue weighted by Crippen LogP contribution is -2.56. The molecule has 14 nitrogen and oxygen atoms in total. The molecular formula is C42H54N6O8. The van der Waals surface area contributed by atoms with Gasteiger partial charge in [-0.1, -0.05) is 13.8 Å². The lowest BCUT2D eigenvalue weighted by atomic mass is 9.93. The second kappa shape index (κ2) is 16.7. The molecule has 14 heteroatoms. The maximum atomic E-state index is 15.0. The Balaban J connectivity index is 1.96. The summed E-state index contributed by atoms with van der Waals surface area (Å²) in [5.41, 5.74) is 15.5. The number of carbonyl (C=O) groups is 4. The molecule has 4 aromatic rings. The van der Waals surface area contributed by atoms with Crippen molar-refractivity contribution in [3.8, 4) is 0 Å². The van der Waals surface area contributed by atoms with Crippen LogP contribution < -0.4 is 32.4 Å². The highest BCUT2D eigenvalue weighted by atomic mass is 16.4. The number of fused-ring (bicyclic) bond motifs is 8. The number of ketones is 1. The monoisotopic (exact) mass is 770 g/mol. The fraction of sp³-hybridized carbons (Fsp3) is 0.429. The van der Waals surface area contributed by atoms with Crippen molar-refractivity contribution < 1.29 is 39.6 Å². The van der Waals surface area contributed by atoms with Gasteiger partial charge in [0.2, 0.25) is 5.91 Å². The summed E-state index contributed by atoms with van der Waals surface area (Å²) in [6.45, 7) is 14.5. The van der Waals surface area contributed by atoms with Gasteiger partial charge in [0.1, 0.15) is 12.1 Å². The molecule has 11 N–H and O–H groups in total. The zero-order valence-electron chi connectivity index (χ0n) is 33.3. The Morgan fingerprint density at radius 3 is 1.77 bits per heavy atom. The first kappa shape index (κ1) is 41.7. The minimum absolute atomic E-state index is 0.100. The fourth-order valence-corrected chi connectivity index (χ4v) is 7.77. The van der Waals surface area contributed by atoms with Crippen molar-refractivity contribution in [2.45, 2.75) is 118 Å². The van der Waals surface area contributed by atoms with E-state index in [9.17, 15) is 34.8 Å². The smallest absolute Gasteiger partial charge is 0.303 e. The Kier molecular flexibility index (Phi) is 12.5. The Morgan fingerprint density at radius 2 is 1.20 bits per heavy atom. The predicted octanol–water partition coefficient (Wildman–Crippen LogP) is 0.533. The van der Waals surface area contributed by atoms with Crippen LogP contribution in [0.15, 0.2) is 0 Å². The van der Waals surface area contributed by atoms with Crippen molar-refractivity contribution in [2.75, 3.05) is 0 Å². The standard InChI is InChI=1S/C42H54N6O8/c1-9-24-21(6)38-36(41(55)39(23(8)50)48-42(56)37(43)22(7)49)40-25(10-2)18(3)30(46-40)15-28-19(4)26(11-13-34(51)52)32(44-28)17-33-27(12-14-35(53)54)20(5)29(45-33)16-31(24)47-38/h15-17,22-23,37,39,44-47,49-50H,9-14,43H2,1-8H3,(H,48,56)(H,51,52)(H,53,54)/t22-,23-,37+,39+/m1/s1. The van der Waals surface area contributed by atoms with Gasteiger partial charge in [-0.15, -0.1) is 0 Å². The SMILES string of the molecule is CCc1c2[nH]c(c1C)C(C(=O)[C@@H](NC(=O)[C@@H](N)[C@@H](C)O)[C@@H](C)O)=c1[nH]c(c(C)c1CC)=Cc1[nH]c(c(CCC(=O)O)c1C)C=c1[nH]c(c(C)c1CCC(=O)O)=C2. The topological polar surface area (TPSA) is 250 Å². The van der Waals surface area contributed by atoms with Gasteiger partial charge in [0.05, 0.1) is 28.8 Å². The molecule has 0 aromatic carbocycles. The number of Topliss-reactive ketones (excluding diaryl/α,β-unsaturated/α-hetero) is 1. The Bertz CT molecular complexity index is 2460. The van der Waals surface area contributed by atoms with Gasteiger partial charge in [-0.25, -0.2) is 0 Å². The number of amides is 1. The maximum Gasteiger partial charge on any atom is 0.303 e. The van der Waals surface area contributed by atoms with Crippen LogP contribution in [0.25, 0.3) is 23.8 Å². The third-order valence-electron chi connectivity index (χ3n) is 11.1. The van der Waals surface area contributed by atoms with Crippen molar-refractivity contribution in [3.63, 3.8) is 0 Å². The van der Waals surface area contributed by atoms with Crippen LogP contribution in [0.1, 0.15) is 108 Å². The summed E-state index contributed by atoms with van der Waals surface area (Å²) in [7, 11) is 0. The lowest BCUT2D eigenvalue weighted by molar-refractivity contribution is -0.138. The number of aromatic amines is 4. The van der Waals surface area contributed by atoms with Crippen LogP contribution in [0.3, 0.4) is 0 Å². The Morgan fingerprint density at radius 1 is 0.661 bits per heavy atom. The van der Waals surface area contributed by atoms with E-state index in [-0.39, 0.29) is 31.3 Å². The molecule has 0 spiro atoms. The zero-order chi connectivity index (χ0) is 41.3. The number of carboxylic acid groups (broad SMARTS) is 2. The highest BCUT2D eigenvalue weighted by Gasteiger charge is 2.34. The summed E-state index contributed by atoms with van der Waals surface area (Å²) in [5, 5.41) is 45.5. The number of hydrogen-bond donors (Lipinski definition) is 10. The largest absolute Gasteiger partial charge is 0.481 e. The molecule has 1 aliphatic rings. The molecular weight excluding hydrogens is 716 g/mol. The van der Waals surface area contributed by atoms with Gasteiger partial charge in [-0.2, -0.15) is 0 Å². The number of carbonyl (C=O) groups excluding carboxylic acids is 2. The summed E-state index contributed by atoms with van der Waals surface area (Å²) < 4.78 is 0. The van der Waals surface area contributed by atoms with E-state index in [0.717, 1.165) is 49.9 Å². The van der Waals surface area contributed by atoms with Crippen LogP contribution in [0.4, 0.5) is 0 Å². The first-order chi connectivity index (χ1) is 26.4. The number of aliphatic hydroxyl groups is 2. The molecule has 0 saturated heterocycles. The van der Waals surface area contributed by atoms with E-state index in [0.29, 0.717) is 51.7 Å². The molecule has 300 valence electrons. The number of nitrogens with two attached hydrogens (primary N) is 1. The van der Waals surface area contributed by atoms with Crippen molar-refractivity contribution in [2.24, 2.45) is 5.73 Å². The highest BCUT2D eigenvalue weighted by Crippen LogP contribution is 2.27. The Hall–Kier alpha value is -5.44. The molecule has 0 unspecified atom stereocenters. The first-order valence-electron chi connectivity index (χ1n) is 19.1. The van der Waals surface area contributed by atoms with Crippen LogP contribution in [0.5, 0.6) is 0 Å². The molecule has 0 aliphatic carbocycles. The Labute approximate surface area is 324 Å². The van der Waals surface area contributed by atoms with E-state index in [2.05, 4.69) is 25.3 Å². The summed E-state index contributed by atoms with van der Waals surface area (Å²) in [6, 6.07) is -2.77. The van der Waals surface area contributed by atoms with Crippen molar-refractivity contribution in [1.29, 1.82) is 0 Å². The van der Waals surface area contributed by atoms with Crippen LogP contribution in [-0.4, -0.2) is 88.3 Å². The number of aliphatic hydroxyl groups excluding tert-OH is 2. The number of carboxylic acids is 2. The van der Waals surface area contributed by atoms with Gasteiger partial charge in [-0.05, 0) is 130 Å². The third kappa shape index (κ3) is 8.08. The summed E-state index contributed by atoms with van der Waals surface area (Å²) in [4.78, 5) is 65.8. The molecule has 4 aromatic heterocycles. The molecule has 1 aliphatic heterocycles. The minimum atomic E-state index is -1.43. The average Bonchev–Trinajstić information content (AvgIpc) is 3.80. The number of rotatable bonds is 14. The summed E-state index contributed by atoms with van der Waals surface area (Å²) in [6.07, 6.45) is 4.63. The van der Waals surface area contributed by atoms with E-state index in [1.165, 1.54) is 13.8 Å². The van der Waals surface area contributed by atoms with Crippen LogP contribution in [0.2, 0.25) is 0 Å². The second-order valence-electron chi connectivity index (χ2n) is 14.8. The van der Waals surface area contributed by atoms with Gasteiger partial charge in [0, 0.05) is 46.0 Å². The van der Waals surface area contributed by atoms with Gasteiger partial charge in [0.25, 0.3) is 0 Å². The van der Waals surface area contributed by atoms with Gasteiger partial charge in [0.15, 0.2) is 5.78 Å². The van der Waals surface area contributed by atoms with Gasteiger partial charge < -0.3 is 51.4 Å². The van der Waals surface area contributed by atoms with Crippen LogP contribution >= 0.6 is 0 Å². The quantitative estimate of drug-likeness (QED) is 0.0858. The van der Waals surface area contributed by atoms with Gasteiger partial charge >= 0.3 is 11.9 Å². The van der Waals surface area contributed by atoms with Crippen molar-refractivity contribution in [1.82, 2.24) is 25.3 Å². The number of aliphatic carboxylic acids is 2. The molecule has 0 saturated carbocycles. The molecule has 4 atom stereocenters. The molecule has 0 fully saturated rings. The maximum absolute atomic E-state index is 15.0. The lowest BCUT2D eigenvalue weighted by Gasteiger charge is -2.24. The van der Waals surface area contributed by atoms with Crippen LogP contribution in [-0.2, 0) is 44.9 Å². The average molecular weight is 771 g/mol. The molecule has 5 rings (SSSR count). The first-order valence-corrected chi connectivity index (χ1v) is 19.1. The van der Waals surface area contributed by atoms with Crippen molar-refractivity contribution >= 4 is 47.4 Å². The number of aromatic nitrogens is 4. The molecule has 0 radical (unpaired) electrons. The molecule has 8 bridgehead atoms. The minimum Gasteiger partial charge on any atom is -0.481 e. The van der Waals surface area contributed by atoms with Crippen LogP contribution in [0, 0.1) is 27.7 Å². The highest BCUT2D eigenvalue weighted by molar-refractivity contribution is 6.23. The van der Waals surface area contributed by atoms with E-state index in [4.69, 9.17) is 5.73 Å². The molecule has 56 heavy (non-hydrogen) atoms. The second-order valence-corrected chi connectivity index (χ2v) is 14.8. The zero-order valence-corrected chi connectivity index (χ0v) is 33.3. The molecule has 5 heterocycles. The van der Waals surface area contributed by atoms with Crippen molar-refractivity contribution in [3.05, 3.63) is 88.7 Å². The molecule has 1 amide bonds. The summed E-state index contributed by atoms with van der Waals surface area (Å²) in [5.74, 6) is -3.25. The number of H-pyrrole nitrogens is 4.